The van der Waals surface area contributed by atoms with Crippen molar-refractivity contribution in [3.8, 4) is 46.0 Å². The second-order valence-electron chi connectivity index (χ2n) is 9.95. The van der Waals surface area contributed by atoms with Gasteiger partial charge in [0.2, 0.25) is 0 Å². The van der Waals surface area contributed by atoms with Crippen LogP contribution in [0, 0.1) is 0 Å². The van der Waals surface area contributed by atoms with Crippen molar-refractivity contribution in [1.29, 1.82) is 0 Å². The summed E-state index contributed by atoms with van der Waals surface area (Å²) in [6.07, 6.45) is 0.0571. The van der Waals surface area contributed by atoms with Crippen molar-refractivity contribution < 1.29 is 56.5 Å². The number of rotatable bonds is 16. The number of Topliss-reactive ketones (excluding diaryl/α,β-unsaturated/α-hetero) is 2. The molecule has 0 saturated heterocycles. The number of ether oxygens (including phenoxy) is 6. The standard InChI is InChI=1S/C34H35O12P/c1-39-23-11-7-21(8-12-23)15-27(35)33-29(41-3)17-25(18-30(33)42-4)45-47(37,38)46-26-19-31(43-5)34(32(20-26)44-6)28(36)16-22-9-13-24(40-2)14-10-22/h7-14,17-20H,15-16H2,1-6H3,(H,37,38). The Balaban J connectivity index is 1.56. The predicted molar refractivity (Wildman–Crippen MR) is 172 cm³/mol. The largest absolute Gasteiger partial charge is 0.584 e. The molecule has 4 rings (SSSR count). The van der Waals surface area contributed by atoms with Gasteiger partial charge < -0.3 is 37.5 Å². The number of phosphoric acid groups is 1. The molecule has 248 valence electrons. The lowest BCUT2D eigenvalue weighted by molar-refractivity contribution is 0.0978. The highest BCUT2D eigenvalue weighted by Crippen LogP contribution is 2.48. The van der Waals surface area contributed by atoms with Gasteiger partial charge >= 0.3 is 7.82 Å². The van der Waals surface area contributed by atoms with Gasteiger partial charge in [-0.15, -0.1) is 0 Å². The zero-order chi connectivity index (χ0) is 34.1. The van der Waals surface area contributed by atoms with Crippen LogP contribution in [0.4, 0.5) is 0 Å². The third kappa shape index (κ3) is 8.55. The Bertz CT molecular complexity index is 1590. The quantitative estimate of drug-likeness (QED) is 0.108. The number of hydrogen-bond acceptors (Lipinski definition) is 11. The van der Waals surface area contributed by atoms with Crippen molar-refractivity contribution in [3.05, 3.63) is 95.1 Å². The topological polar surface area (TPSA) is 145 Å². The smallest absolute Gasteiger partial charge is 0.497 e. The molecule has 13 heteroatoms. The van der Waals surface area contributed by atoms with Crippen molar-refractivity contribution in [1.82, 2.24) is 0 Å². The normalized spacial score (nSPS) is 10.9. The number of carbonyl (C=O) groups excluding carboxylic acids is 2. The molecule has 12 nitrogen and oxygen atoms in total. The summed E-state index contributed by atoms with van der Waals surface area (Å²) >= 11 is 0. The first-order valence-electron chi connectivity index (χ1n) is 14.1. The summed E-state index contributed by atoms with van der Waals surface area (Å²) in [6, 6.07) is 19.1. The van der Waals surface area contributed by atoms with Crippen LogP contribution in [0.5, 0.6) is 46.0 Å². The van der Waals surface area contributed by atoms with Crippen LogP contribution in [-0.4, -0.2) is 59.1 Å². The van der Waals surface area contributed by atoms with Gasteiger partial charge in [0.25, 0.3) is 0 Å². The Labute approximate surface area is 272 Å². The highest BCUT2D eigenvalue weighted by molar-refractivity contribution is 7.48. The fourth-order valence-corrected chi connectivity index (χ4v) is 5.53. The van der Waals surface area contributed by atoms with E-state index in [4.69, 9.17) is 37.5 Å². The van der Waals surface area contributed by atoms with Crippen LogP contribution in [0.1, 0.15) is 31.8 Å². The molecule has 47 heavy (non-hydrogen) atoms. The molecule has 0 heterocycles. The molecule has 0 aliphatic rings. The Kier molecular flexibility index (Phi) is 11.4. The van der Waals surface area contributed by atoms with E-state index in [0.29, 0.717) is 11.5 Å². The highest BCUT2D eigenvalue weighted by atomic mass is 31.2. The molecule has 0 aliphatic carbocycles. The van der Waals surface area contributed by atoms with Crippen LogP contribution >= 0.6 is 7.82 Å². The predicted octanol–water partition coefficient (Wildman–Crippen LogP) is 6.15. The summed E-state index contributed by atoms with van der Waals surface area (Å²) in [4.78, 5) is 37.3. The number of phosphoric ester groups is 1. The molecule has 0 aromatic heterocycles. The molecular weight excluding hydrogens is 631 g/mol. The van der Waals surface area contributed by atoms with Crippen molar-refractivity contribution >= 4 is 19.4 Å². The Morgan fingerprint density at radius 2 is 0.809 bits per heavy atom. The number of ketones is 2. The zero-order valence-corrected chi connectivity index (χ0v) is 27.6. The summed E-state index contributed by atoms with van der Waals surface area (Å²) < 4.78 is 55.9. The molecule has 0 atom stereocenters. The molecule has 0 aliphatic heterocycles. The number of methoxy groups -OCH3 is 6. The van der Waals surface area contributed by atoms with Gasteiger partial charge in [-0.05, 0) is 35.4 Å². The van der Waals surface area contributed by atoms with E-state index in [-0.39, 0.29) is 70.0 Å². The second kappa shape index (κ2) is 15.4. The molecule has 0 bridgehead atoms. The van der Waals surface area contributed by atoms with Crippen molar-refractivity contribution in [2.45, 2.75) is 12.8 Å². The minimum atomic E-state index is -4.88. The van der Waals surface area contributed by atoms with E-state index >= 15 is 0 Å². The molecule has 0 unspecified atom stereocenters. The number of carbonyl (C=O) groups is 2. The monoisotopic (exact) mass is 666 g/mol. The Morgan fingerprint density at radius 1 is 0.511 bits per heavy atom. The SMILES string of the molecule is COc1ccc(CC(=O)c2c(OC)cc(OP(=O)(O)Oc3cc(OC)c(C(=O)Cc4ccc(OC)cc4)c(OC)c3)cc2OC)cc1. The van der Waals surface area contributed by atoms with E-state index in [1.807, 2.05) is 0 Å². The van der Waals surface area contributed by atoms with Crippen LogP contribution in [0.25, 0.3) is 0 Å². The molecule has 0 saturated carbocycles. The summed E-state index contributed by atoms with van der Waals surface area (Å²) in [5, 5.41) is 0. The zero-order valence-electron chi connectivity index (χ0n) is 26.7. The molecular formula is C34H35O12P. The van der Waals surface area contributed by atoms with Crippen LogP contribution in [-0.2, 0) is 17.4 Å². The lowest BCUT2D eigenvalue weighted by atomic mass is 10.0. The fourth-order valence-electron chi connectivity index (χ4n) is 4.75. The maximum Gasteiger partial charge on any atom is 0.584 e. The molecule has 0 spiro atoms. The van der Waals surface area contributed by atoms with E-state index in [0.717, 1.165) is 11.1 Å². The van der Waals surface area contributed by atoms with Crippen LogP contribution in [0.2, 0.25) is 0 Å². The summed E-state index contributed by atoms with van der Waals surface area (Å²) in [7, 11) is 3.59. The number of hydrogen-bond donors (Lipinski definition) is 1. The lowest BCUT2D eigenvalue weighted by Gasteiger charge is -2.19. The van der Waals surface area contributed by atoms with Crippen molar-refractivity contribution in [3.63, 3.8) is 0 Å². The molecule has 0 fully saturated rings. The molecule has 4 aromatic carbocycles. The fraction of sp³-hybridized carbons (Fsp3) is 0.235. The Hall–Kier alpha value is -5.19. The van der Waals surface area contributed by atoms with Crippen molar-refractivity contribution in [2.24, 2.45) is 0 Å². The second-order valence-corrected chi connectivity index (χ2v) is 11.3. The summed E-state index contributed by atoms with van der Waals surface area (Å²) in [5.41, 5.74) is 1.70. The van der Waals surface area contributed by atoms with Gasteiger partial charge in [0.1, 0.15) is 57.1 Å². The van der Waals surface area contributed by atoms with E-state index in [9.17, 15) is 19.0 Å². The van der Waals surface area contributed by atoms with Crippen molar-refractivity contribution in [2.75, 3.05) is 42.7 Å². The van der Waals surface area contributed by atoms with Gasteiger partial charge in [0.05, 0.1) is 42.7 Å². The van der Waals surface area contributed by atoms with Gasteiger partial charge in [0.15, 0.2) is 11.6 Å². The van der Waals surface area contributed by atoms with Crippen LogP contribution in [0.3, 0.4) is 0 Å². The number of benzene rings is 4. The van der Waals surface area contributed by atoms with E-state index < -0.39 is 7.82 Å². The molecule has 0 amide bonds. The van der Waals surface area contributed by atoms with Crippen LogP contribution < -0.4 is 37.5 Å². The van der Waals surface area contributed by atoms with Gasteiger partial charge in [-0.25, -0.2) is 4.57 Å². The van der Waals surface area contributed by atoms with Crippen LogP contribution in [0.15, 0.2) is 72.8 Å². The first kappa shape index (κ1) is 34.7. The highest BCUT2D eigenvalue weighted by Gasteiger charge is 2.30. The third-order valence-electron chi connectivity index (χ3n) is 7.01. The molecule has 4 aromatic rings. The maximum atomic E-state index is 13.3. The van der Waals surface area contributed by atoms with E-state index in [1.165, 1.54) is 52.7 Å². The first-order valence-corrected chi connectivity index (χ1v) is 15.6. The van der Waals surface area contributed by atoms with Gasteiger partial charge in [0, 0.05) is 37.1 Å². The Morgan fingerprint density at radius 3 is 1.06 bits per heavy atom. The molecule has 1 N–H and O–H groups in total. The first-order chi connectivity index (χ1) is 22.5. The average molecular weight is 667 g/mol. The van der Waals surface area contributed by atoms with Gasteiger partial charge in [-0.2, -0.15) is 0 Å². The molecule has 0 radical (unpaired) electrons. The van der Waals surface area contributed by atoms with E-state index in [1.54, 1.807) is 62.8 Å². The van der Waals surface area contributed by atoms with E-state index in [2.05, 4.69) is 0 Å². The summed E-state index contributed by atoms with van der Waals surface area (Å²) in [6.45, 7) is 0. The lowest BCUT2D eigenvalue weighted by Crippen LogP contribution is -2.10. The van der Waals surface area contributed by atoms with Gasteiger partial charge in [-0.1, -0.05) is 24.3 Å². The minimum Gasteiger partial charge on any atom is -0.497 e. The maximum absolute atomic E-state index is 13.3. The minimum absolute atomic E-state index is 0.0286. The average Bonchev–Trinajstić information content (AvgIpc) is 3.07. The van der Waals surface area contributed by atoms with Gasteiger partial charge in [-0.3, -0.25) is 14.5 Å². The summed E-state index contributed by atoms with van der Waals surface area (Å²) in [5.74, 6) is 0.550. The third-order valence-corrected chi connectivity index (χ3v) is 7.89.